The van der Waals surface area contributed by atoms with Crippen LogP contribution in [0.3, 0.4) is 0 Å². The molecule has 0 aromatic heterocycles. The van der Waals surface area contributed by atoms with Crippen LogP contribution >= 0.6 is 0 Å². The zero-order chi connectivity index (χ0) is 14.6. The fourth-order valence-electron chi connectivity index (χ4n) is 2.78. The Kier molecular flexibility index (Phi) is 4.69. The number of benzene rings is 1. The van der Waals surface area contributed by atoms with Crippen LogP contribution in [-0.4, -0.2) is 18.6 Å². The summed E-state index contributed by atoms with van der Waals surface area (Å²) in [6.45, 7) is 7.10. The van der Waals surface area contributed by atoms with Crippen LogP contribution in [0.25, 0.3) is 0 Å². The highest BCUT2D eigenvalue weighted by molar-refractivity contribution is 5.89. The van der Waals surface area contributed by atoms with E-state index in [1.807, 2.05) is 31.2 Å². The predicted octanol–water partition coefficient (Wildman–Crippen LogP) is 4.24. The summed E-state index contributed by atoms with van der Waals surface area (Å²) < 4.78 is 5.12. The minimum atomic E-state index is -0.236. The third kappa shape index (κ3) is 3.53. The number of carbonyl (C=O) groups is 1. The first kappa shape index (κ1) is 14.9. The maximum absolute atomic E-state index is 11.7. The molecule has 1 aliphatic rings. The Hall–Kier alpha value is -1.51. The number of carbonyl (C=O) groups excluding carboxylic acids is 1. The molecule has 0 radical (unpaired) electrons. The molecule has 1 fully saturated rings. The average Bonchev–Trinajstić information content (AvgIpc) is 2.76. The van der Waals surface area contributed by atoms with E-state index in [1.165, 1.54) is 19.3 Å². The average molecular weight is 275 g/mol. The Morgan fingerprint density at radius 2 is 2.05 bits per heavy atom. The Morgan fingerprint density at radius 1 is 1.35 bits per heavy atom. The van der Waals surface area contributed by atoms with Crippen molar-refractivity contribution in [3.63, 3.8) is 0 Å². The molecule has 1 atom stereocenters. The van der Waals surface area contributed by atoms with Gasteiger partial charge in [0.2, 0.25) is 0 Å². The Bertz CT molecular complexity index is 451. The molecular formula is C17H25NO2. The number of anilines is 1. The van der Waals surface area contributed by atoms with E-state index in [0.717, 1.165) is 12.1 Å². The van der Waals surface area contributed by atoms with Crippen molar-refractivity contribution in [2.24, 2.45) is 5.41 Å². The van der Waals surface area contributed by atoms with Gasteiger partial charge in [-0.2, -0.15) is 0 Å². The van der Waals surface area contributed by atoms with Gasteiger partial charge in [0.05, 0.1) is 12.2 Å². The molecule has 20 heavy (non-hydrogen) atoms. The smallest absolute Gasteiger partial charge is 0.338 e. The van der Waals surface area contributed by atoms with Gasteiger partial charge in [-0.3, -0.25) is 0 Å². The monoisotopic (exact) mass is 275 g/mol. The number of hydrogen-bond donors (Lipinski definition) is 1. The zero-order valence-corrected chi connectivity index (χ0v) is 12.7. The van der Waals surface area contributed by atoms with E-state index in [4.69, 9.17) is 4.74 Å². The molecule has 1 aromatic carbocycles. The van der Waals surface area contributed by atoms with E-state index in [0.29, 0.717) is 23.6 Å². The molecule has 0 bridgehead atoms. The minimum absolute atomic E-state index is 0.236. The summed E-state index contributed by atoms with van der Waals surface area (Å²) >= 11 is 0. The lowest BCUT2D eigenvalue weighted by molar-refractivity contribution is 0.0505. The Balaban J connectivity index is 1.96. The van der Waals surface area contributed by atoms with Gasteiger partial charge >= 0.3 is 5.97 Å². The summed E-state index contributed by atoms with van der Waals surface area (Å²) in [5, 5.41) is 3.59. The highest BCUT2D eigenvalue weighted by atomic mass is 16.5. The summed E-state index contributed by atoms with van der Waals surface area (Å²) in [7, 11) is 0. The van der Waals surface area contributed by atoms with Crippen molar-refractivity contribution in [2.75, 3.05) is 11.9 Å². The van der Waals surface area contributed by atoms with E-state index in [9.17, 15) is 4.79 Å². The molecule has 0 spiro atoms. The Labute approximate surface area is 121 Å². The van der Waals surface area contributed by atoms with Gasteiger partial charge in [-0.05, 0) is 48.9 Å². The van der Waals surface area contributed by atoms with E-state index in [-0.39, 0.29) is 5.97 Å². The number of ether oxygens (including phenoxy) is 1. The van der Waals surface area contributed by atoms with Crippen LogP contribution in [0.2, 0.25) is 0 Å². The van der Waals surface area contributed by atoms with Crippen LogP contribution < -0.4 is 5.32 Å². The minimum Gasteiger partial charge on any atom is -0.462 e. The summed E-state index contributed by atoms with van der Waals surface area (Å²) in [4.78, 5) is 11.7. The highest BCUT2D eigenvalue weighted by Crippen LogP contribution is 2.38. The lowest BCUT2D eigenvalue weighted by Gasteiger charge is -2.28. The van der Waals surface area contributed by atoms with Gasteiger partial charge in [0.1, 0.15) is 0 Å². The van der Waals surface area contributed by atoms with Gasteiger partial charge in [-0.15, -0.1) is 0 Å². The number of nitrogens with one attached hydrogen (secondary N) is 1. The molecular weight excluding hydrogens is 250 g/mol. The van der Waals surface area contributed by atoms with Crippen LogP contribution in [0.4, 0.5) is 5.69 Å². The van der Waals surface area contributed by atoms with E-state index >= 15 is 0 Å². The number of rotatable bonds is 5. The van der Waals surface area contributed by atoms with Gasteiger partial charge in [0, 0.05) is 11.7 Å². The molecule has 1 saturated carbocycles. The van der Waals surface area contributed by atoms with Gasteiger partial charge in [0.25, 0.3) is 0 Å². The highest BCUT2D eigenvalue weighted by Gasteiger charge is 2.34. The van der Waals surface area contributed by atoms with E-state index < -0.39 is 0 Å². The second kappa shape index (κ2) is 6.29. The summed E-state index contributed by atoms with van der Waals surface area (Å²) in [6, 6.07) is 8.12. The first-order valence-electron chi connectivity index (χ1n) is 7.56. The lowest BCUT2D eigenvalue weighted by Crippen LogP contribution is -2.30. The van der Waals surface area contributed by atoms with Crippen molar-refractivity contribution in [3.8, 4) is 0 Å². The standard InChI is InChI=1S/C17H25NO2/c1-4-12-20-16(19)13-7-9-14(10-8-13)18-15-6-5-11-17(15,2)3/h7-10,15,18H,4-6,11-12H2,1-3H3. The summed E-state index contributed by atoms with van der Waals surface area (Å²) in [6.07, 6.45) is 4.62. The SMILES string of the molecule is CCCOC(=O)c1ccc(NC2CCCC2(C)C)cc1. The largest absolute Gasteiger partial charge is 0.462 e. The molecule has 0 amide bonds. The normalized spacial score (nSPS) is 20.6. The van der Waals surface area contributed by atoms with Crippen molar-refractivity contribution in [1.29, 1.82) is 0 Å². The maximum Gasteiger partial charge on any atom is 0.338 e. The number of esters is 1. The molecule has 1 aromatic rings. The summed E-state index contributed by atoms with van der Waals surface area (Å²) in [5.74, 6) is -0.236. The quantitative estimate of drug-likeness (QED) is 0.817. The maximum atomic E-state index is 11.7. The lowest BCUT2D eigenvalue weighted by atomic mass is 9.87. The van der Waals surface area contributed by atoms with Gasteiger partial charge in [-0.25, -0.2) is 4.79 Å². The van der Waals surface area contributed by atoms with Crippen LogP contribution in [0.15, 0.2) is 24.3 Å². The van der Waals surface area contributed by atoms with Crippen molar-refractivity contribution >= 4 is 11.7 Å². The molecule has 1 aliphatic carbocycles. The van der Waals surface area contributed by atoms with E-state index in [1.54, 1.807) is 0 Å². The second-order valence-electron chi connectivity index (χ2n) is 6.29. The van der Waals surface area contributed by atoms with Gasteiger partial charge < -0.3 is 10.1 Å². The van der Waals surface area contributed by atoms with Crippen molar-refractivity contribution in [1.82, 2.24) is 0 Å². The van der Waals surface area contributed by atoms with Crippen molar-refractivity contribution in [2.45, 2.75) is 52.5 Å². The first-order chi connectivity index (χ1) is 9.53. The molecule has 0 heterocycles. The third-order valence-electron chi connectivity index (χ3n) is 4.16. The third-order valence-corrected chi connectivity index (χ3v) is 4.16. The number of hydrogen-bond acceptors (Lipinski definition) is 3. The van der Waals surface area contributed by atoms with Crippen molar-refractivity contribution < 1.29 is 9.53 Å². The molecule has 1 N–H and O–H groups in total. The molecule has 3 heteroatoms. The second-order valence-corrected chi connectivity index (χ2v) is 6.29. The molecule has 0 aliphatic heterocycles. The zero-order valence-electron chi connectivity index (χ0n) is 12.7. The molecule has 3 nitrogen and oxygen atoms in total. The van der Waals surface area contributed by atoms with E-state index in [2.05, 4.69) is 19.2 Å². The van der Waals surface area contributed by atoms with Crippen LogP contribution in [0.1, 0.15) is 56.8 Å². The van der Waals surface area contributed by atoms with Crippen LogP contribution in [-0.2, 0) is 4.74 Å². The topological polar surface area (TPSA) is 38.3 Å². The van der Waals surface area contributed by atoms with Crippen LogP contribution in [0, 0.1) is 5.41 Å². The molecule has 0 saturated heterocycles. The molecule has 110 valence electrons. The molecule has 1 unspecified atom stereocenters. The molecule has 2 rings (SSSR count). The van der Waals surface area contributed by atoms with Crippen molar-refractivity contribution in [3.05, 3.63) is 29.8 Å². The van der Waals surface area contributed by atoms with Crippen LogP contribution in [0.5, 0.6) is 0 Å². The Morgan fingerprint density at radius 3 is 2.60 bits per heavy atom. The fraction of sp³-hybridized carbons (Fsp3) is 0.588. The first-order valence-corrected chi connectivity index (χ1v) is 7.56. The van der Waals surface area contributed by atoms with Gasteiger partial charge in [-0.1, -0.05) is 27.2 Å². The fourth-order valence-corrected chi connectivity index (χ4v) is 2.78. The van der Waals surface area contributed by atoms with Gasteiger partial charge in [0.15, 0.2) is 0 Å². The predicted molar refractivity (Wildman–Crippen MR) is 82.1 cm³/mol. The summed E-state index contributed by atoms with van der Waals surface area (Å²) in [5.41, 5.74) is 2.05.